The molecule has 0 saturated heterocycles. The van der Waals surface area contributed by atoms with Gasteiger partial charge in [0.25, 0.3) is 15.7 Å². The van der Waals surface area contributed by atoms with Crippen molar-refractivity contribution in [3.8, 4) is 5.75 Å². The molecule has 0 heterocycles. The molecule has 0 aliphatic heterocycles. The van der Waals surface area contributed by atoms with Gasteiger partial charge in [-0.1, -0.05) is 72.6 Å². The van der Waals surface area contributed by atoms with Gasteiger partial charge < -0.3 is 15.0 Å². The number of sulfonamides is 1. The monoisotopic (exact) mass is 740 g/mol. The number of hydrogen-bond donors (Lipinski definition) is 1. The molecule has 0 spiro atoms. The molecule has 4 rings (SSSR count). The van der Waals surface area contributed by atoms with Crippen molar-refractivity contribution in [1.82, 2.24) is 10.2 Å². The molecule has 2 amide bonds. The number of nitro groups is 1. The Morgan fingerprint density at radius 3 is 2.22 bits per heavy atom. The van der Waals surface area contributed by atoms with Crippen LogP contribution in [0, 0.1) is 17.0 Å². The average Bonchev–Trinajstić information content (AvgIpc) is 3.10. The third kappa shape index (κ3) is 9.32. The lowest BCUT2D eigenvalue weighted by Crippen LogP contribution is -2.54. The van der Waals surface area contributed by atoms with Crippen LogP contribution in [0.15, 0.2) is 95.9 Å². The average molecular weight is 742 g/mol. The van der Waals surface area contributed by atoms with Gasteiger partial charge in [-0.05, 0) is 73.9 Å². The number of nitrogens with one attached hydrogen (secondary N) is 1. The van der Waals surface area contributed by atoms with Crippen molar-refractivity contribution in [3.05, 3.63) is 128 Å². The number of carbonyl (C=O) groups is 2. The summed E-state index contributed by atoms with van der Waals surface area (Å²) in [6.45, 7) is 4.40. The normalized spacial score (nSPS) is 12.4. The summed E-state index contributed by atoms with van der Waals surface area (Å²) in [5, 5.41) is 15.3. The molecule has 2 atom stereocenters. The maximum atomic E-state index is 14.7. The highest BCUT2D eigenvalue weighted by Gasteiger charge is 2.35. The van der Waals surface area contributed by atoms with E-state index >= 15 is 0 Å². The molecular weight excluding hydrogens is 703 g/mol. The molecule has 4 aromatic rings. The quantitative estimate of drug-likeness (QED) is 0.103. The lowest BCUT2D eigenvalue weighted by atomic mass is 10.0. The van der Waals surface area contributed by atoms with Crippen molar-refractivity contribution in [3.63, 3.8) is 0 Å². The van der Waals surface area contributed by atoms with E-state index in [-0.39, 0.29) is 40.2 Å². The van der Waals surface area contributed by atoms with Crippen LogP contribution in [-0.2, 0) is 32.6 Å². The molecule has 0 aliphatic rings. The fourth-order valence-electron chi connectivity index (χ4n) is 5.18. The van der Waals surface area contributed by atoms with Crippen LogP contribution in [0.2, 0.25) is 10.0 Å². The number of nitrogens with zero attached hydrogens (tertiary/aromatic N) is 3. The summed E-state index contributed by atoms with van der Waals surface area (Å²) < 4.78 is 34.8. The van der Waals surface area contributed by atoms with Gasteiger partial charge >= 0.3 is 0 Å². The fourth-order valence-corrected chi connectivity index (χ4v) is 6.94. The zero-order valence-corrected chi connectivity index (χ0v) is 30.3. The third-order valence-electron chi connectivity index (χ3n) is 8.21. The molecule has 4 aromatic carbocycles. The van der Waals surface area contributed by atoms with E-state index in [2.05, 4.69) is 5.32 Å². The molecule has 0 fully saturated rings. The number of methoxy groups -OCH3 is 1. The Kier molecular flexibility index (Phi) is 12.9. The van der Waals surface area contributed by atoms with E-state index in [0.29, 0.717) is 22.8 Å². The molecule has 0 saturated carbocycles. The topological polar surface area (TPSA) is 139 Å². The summed E-state index contributed by atoms with van der Waals surface area (Å²) >= 11 is 12.5. The van der Waals surface area contributed by atoms with Crippen molar-refractivity contribution >= 4 is 56.4 Å². The van der Waals surface area contributed by atoms with Gasteiger partial charge in [0.15, 0.2) is 0 Å². The summed E-state index contributed by atoms with van der Waals surface area (Å²) in [6, 6.07) is 22.3. The van der Waals surface area contributed by atoms with Gasteiger partial charge in [0.1, 0.15) is 18.3 Å². The number of ether oxygens (including phenoxy) is 1. The summed E-state index contributed by atoms with van der Waals surface area (Å²) in [4.78, 5) is 40.7. The Morgan fingerprint density at radius 2 is 1.62 bits per heavy atom. The van der Waals surface area contributed by atoms with Crippen LogP contribution >= 0.6 is 23.2 Å². The number of aryl methyl sites for hydroxylation is 1. The maximum Gasteiger partial charge on any atom is 0.273 e. The second-order valence-electron chi connectivity index (χ2n) is 11.7. The first-order chi connectivity index (χ1) is 23.7. The van der Waals surface area contributed by atoms with E-state index < -0.39 is 45.0 Å². The molecule has 1 N–H and O–H groups in total. The predicted molar refractivity (Wildman–Crippen MR) is 194 cm³/mol. The number of rotatable bonds is 15. The molecular formula is C36H38Cl2N4O7S. The first-order valence-corrected chi connectivity index (χ1v) is 17.9. The molecule has 11 nitrogen and oxygen atoms in total. The Bertz CT molecular complexity index is 1940. The fraction of sp³-hybridized carbons (Fsp3) is 0.278. The van der Waals surface area contributed by atoms with E-state index in [0.717, 1.165) is 15.9 Å². The summed E-state index contributed by atoms with van der Waals surface area (Å²) in [7, 11) is -3.13. The number of benzene rings is 4. The van der Waals surface area contributed by atoms with Crippen LogP contribution in [0.3, 0.4) is 0 Å². The summed E-state index contributed by atoms with van der Waals surface area (Å²) in [5.74, 6) is -0.698. The van der Waals surface area contributed by atoms with Gasteiger partial charge in [-0.25, -0.2) is 8.42 Å². The molecule has 0 bridgehead atoms. The van der Waals surface area contributed by atoms with Crippen LogP contribution < -0.4 is 14.4 Å². The molecule has 264 valence electrons. The maximum absolute atomic E-state index is 14.7. The Hall–Kier alpha value is -4.65. The largest absolute Gasteiger partial charge is 0.497 e. The second kappa shape index (κ2) is 16.8. The van der Waals surface area contributed by atoms with E-state index in [4.69, 9.17) is 27.9 Å². The van der Waals surface area contributed by atoms with Crippen LogP contribution in [0.4, 0.5) is 11.4 Å². The van der Waals surface area contributed by atoms with Crippen LogP contribution in [0.5, 0.6) is 5.75 Å². The predicted octanol–water partition coefficient (Wildman–Crippen LogP) is 6.97. The standard InChI is InChI=1S/C36H38Cl2N4O7S/c1-5-25(3)39-36(44)34(20-26-9-7-6-8-10-26)40(22-27-12-18-31(37)32(38)19-27)35(43)23-41(28-13-15-29(49-4)16-14-28)50(47,48)30-17-11-24(2)33(21-30)42(45)46/h6-19,21,25,34H,5,20,22-23H2,1-4H3,(H,39,44)/t25-,34-/m0/s1. The van der Waals surface area contributed by atoms with Gasteiger partial charge in [0, 0.05) is 30.6 Å². The van der Waals surface area contributed by atoms with Gasteiger partial charge in [-0.2, -0.15) is 0 Å². The lowest BCUT2D eigenvalue weighted by molar-refractivity contribution is -0.385. The molecule has 0 aliphatic carbocycles. The molecule has 14 heteroatoms. The van der Waals surface area contributed by atoms with E-state index in [1.807, 2.05) is 44.2 Å². The van der Waals surface area contributed by atoms with E-state index in [1.54, 1.807) is 18.2 Å². The lowest BCUT2D eigenvalue weighted by Gasteiger charge is -2.34. The summed E-state index contributed by atoms with van der Waals surface area (Å²) in [5.41, 5.74) is 1.30. The second-order valence-corrected chi connectivity index (χ2v) is 14.4. The first kappa shape index (κ1) is 38.2. The van der Waals surface area contributed by atoms with E-state index in [1.165, 1.54) is 55.3 Å². The van der Waals surface area contributed by atoms with Crippen molar-refractivity contribution < 1.29 is 27.7 Å². The van der Waals surface area contributed by atoms with Gasteiger partial charge in [-0.3, -0.25) is 24.0 Å². The minimum atomic E-state index is -4.59. The molecule has 50 heavy (non-hydrogen) atoms. The SMILES string of the molecule is CC[C@H](C)NC(=O)[C@H](Cc1ccccc1)N(Cc1ccc(Cl)c(Cl)c1)C(=O)CN(c1ccc(OC)cc1)S(=O)(=O)c1ccc(C)c([N+](=O)[O-])c1. The van der Waals surface area contributed by atoms with Crippen molar-refractivity contribution in [2.75, 3.05) is 18.0 Å². The number of nitro benzene ring substituents is 1. The highest BCUT2D eigenvalue weighted by molar-refractivity contribution is 7.92. The molecule has 0 aromatic heterocycles. The number of anilines is 1. The third-order valence-corrected chi connectivity index (χ3v) is 10.7. The highest BCUT2D eigenvalue weighted by Crippen LogP contribution is 2.30. The minimum Gasteiger partial charge on any atom is -0.497 e. The highest BCUT2D eigenvalue weighted by atomic mass is 35.5. The van der Waals surface area contributed by atoms with Gasteiger partial charge in [0.05, 0.1) is 32.7 Å². The minimum absolute atomic E-state index is 0.0977. The zero-order chi connectivity index (χ0) is 36.6. The van der Waals surface area contributed by atoms with Gasteiger partial charge in [0.2, 0.25) is 11.8 Å². The van der Waals surface area contributed by atoms with Crippen LogP contribution in [-0.4, -0.2) is 55.8 Å². The Morgan fingerprint density at radius 1 is 0.940 bits per heavy atom. The number of amides is 2. The van der Waals surface area contributed by atoms with Crippen LogP contribution in [0.25, 0.3) is 0 Å². The van der Waals surface area contributed by atoms with Crippen LogP contribution in [0.1, 0.15) is 37.0 Å². The Labute approximate surface area is 302 Å². The van der Waals surface area contributed by atoms with Gasteiger partial charge in [-0.15, -0.1) is 0 Å². The van der Waals surface area contributed by atoms with Crippen molar-refractivity contribution in [2.45, 2.75) is 57.1 Å². The molecule has 0 unspecified atom stereocenters. The zero-order valence-electron chi connectivity index (χ0n) is 28.0. The van der Waals surface area contributed by atoms with E-state index in [9.17, 15) is 28.1 Å². The number of halogens is 2. The summed E-state index contributed by atoms with van der Waals surface area (Å²) in [6.07, 6.45) is 0.756. The Balaban J connectivity index is 1.86. The number of carbonyl (C=O) groups excluding carboxylic acids is 2. The smallest absolute Gasteiger partial charge is 0.273 e. The molecule has 0 radical (unpaired) electrons. The van der Waals surface area contributed by atoms with Crippen molar-refractivity contribution in [1.29, 1.82) is 0 Å². The van der Waals surface area contributed by atoms with Crippen molar-refractivity contribution in [2.24, 2.45) is 0 Å². The first-order valence-electron chi connectivity index (χ1n) is 15.7. The number of hydrogen-bond acceptors (Lipinski definition) is 7.